The van der Waals surface area contributed by atoms with Crippen molar-refractivity contribution in [2.24, 2.45) is 4.99 Å². The van der Waals surface area contributed by atoms with Crippen molar-refractivity contribution >= 4 is 45.6 Å². The van der Waals surface area contributed by atoms with Gasteiger partial charge < -0.3 is 4.57 Å². The summed E-state index contributed by atoms with van der Waals surface area (Å²) in [5, 5.41) is 1.77. The molecule has 0 unspecified atom stereocenters. The summed E-state index contributed by atoms with van der Waals surface area (Å²) in [7, 11) is 0. The Morgan fingerprint density at radius 3 is 2.63 bits per heavy atom. The van der Waals surface area contributed by atoms with Crippen LogP contribution in [0.15, 0.2) is 119 Å². The van der Waals surface area contributed by atoms with Crippen molar-refractivity contribution in [2.45, 2.75) is 25.4 Å². The Morgan fingerprint density at radius 1 is 0.953 bits per heavy atom. The van der Waals surface area contributed by atoms with E-state index in [-0.39, 0.29) is 11.4 Å². The molecule has 0 fully saturated rings. The average molecular weight is 602 g/mol. The van der Waals surface area contributed by atoms with Crippen LogP contribution in [-0.2, 0) is 13.0 Å². The van der Waals surface area contributed by atoms with Crippen molar-refractivity contribution in [2.75, 3.05) is 0 Å². The third-order valence-corrected chi connectivity index (χ3v) is 9.64. The van der Waals surface area contributed by atoms with Gasteiger partial charge in [-0.15, -0.1) is 0 Å². The number of benzene rings is 4. The third kappa shape index (κ3) is 4.49. The maximum absolute atomic E-state index is 14.5. The first kappa shape index (κ1) is 26.1. The van der Waals surface area contributed by atoms with Crippen LogP contribution in [-0.4, -0.2) is 9.13 Å². The van der Waals surface area contributed by atoms with Crippen molar-refractivity contribution < 1.29 is 4.39 Å². The predicted octanol–water partition coefficient (Wildman–Crippen LogP) is 7.11. The van der Waals surface area contributed by atoms with E-state index in [0.29, 0.717) is 20.9 Å². The molecule has 0 saturated carbocycles. The second-order valence-corrected chi connectivity index (χ2v) is 12.5. The Hall–Kier alpha value is -4.52. The van der Waals surface area contributed by atoms with Crippen LogP contribution in [0.2, 0.25) is 5.02 Å². The monoisotopic (exact) mass is 601 g/mol. The molecule has 4 nitrogen and oxygen atoms in total. The highest BCUT2D eigenvalue weighted by Gasteiger charge is 2.32. The molecule has 3 heterocycles. The zero-order valence-electron chi connectivity index (χ0n) is 23.0. The van der Waals surface area contributed by atoms with E-state index < -0.39 is 6.04 Å². The number of rotatable bonds is 4. The smallest absolute Gasteiger partial charge is 0.271 e. The number of aromatic nitrogens is 2. The molecule has 1 atom stereocenters. The van der Waals surface area contributed by atoms with Crippen molar-refractivity contribution in [3.05, 3.63) is 167 Å². The lowest BCUT2D eigenvalue weighted by molar-refractivity contribution is 0.574. The predicted molar refractivity (Wildman–Crippen MR) is 172 cm³/mol. The van der Waals surface area contributed by atoms with Crippen LogP contribution in [0.1, 0.15) is 40.3 Å². The van der Waals surface area contributed by atoms with E-state index in [1.54, 1.807) is 16.7 Å². The molecular weight excluding hydrogens is 577 g/mol. The Kier molecular flexibility index (Phi) is 6.28. The maximum atomic E-state index is 14.5. The lowest BCUT2D eigenvalue weighted by Crippen LogP contribution is -2.38. The number of hydrogen-bond donors (Lipinski definition) is 0. The second-order valence-electron chi connectivity index (χ2n) is 11.0. The number of hydrogen-bond acceptors (Lipinski definition) is 3. The van der Waals surface area contributed by atoms with Crippen LogP contribution in [0, 0.1) is 5.82 Å². The van der Waals surface area contributed by atoms with E-state index in [2.05, 4.69) is 41.1 Å². The molecule has 0 spiro atoms. The molecule has 8 rings (SSSR count). The molecule has 0 amide bonds. The highest BCUT2D eigenvalue weighted by atomic mass is 35.5. The quantitative estimate of drug-likeness (QED) is 0.212. The Bertz CT molecular complexity index is 2280. The van der Waals surface area contributed by atoms with Crippen LogP contribution < -0.4 is 14.9 Å². The van der Waals surface area contributed by atoms with Crippen molar-refractivity contribution in [1.29, 1.82) is 0 Å². The van der Waals surface area contributed by atoms with Gasteiger partial charge in [0, 0.05) is 39.8 Å². The first-order chi connectivity index (χ1) is 21.0. The Balaban J connectivity index is 1.32. The number of nitrogens with zero attached hydrogens (tertiary/aromatic N) is 3. The van der Waals surface area contributed by atoms with Crippen LogP contribution in [0.3, 0.4) is 0 Å². The molecule has 7 heteroatoms. The molecule has 4 aromatic carbocycles. The molecule has 1 aliphatic heterocycles. The molecule has 2 aromatic heterocycles. The largest absolute Gasteiger partial charge is 0.342 e. The standard InChI is InChI=1S/C36H25ClFN3OS/c37-26-15-12-22(13-16-26)20-40-21-25(28-9-3-4-11-31(28)40)19-32-35(42)41-34(24-7-5-8-27(38)18-24)30-17-14-23-6-1-2-10-29(23)33(30)39-36(41)43-32/h1-13,15-16,18-19,21,34H,14,17,20H2/t34-/m0/s1. The highest BCUT2D eigenvalue weighted by Crippen LogP contribution is 2.41. The van der Waals surface area contributed by atoms with Crippen LogP contribution in [0.4, 0.5) is 4.39 Å². The van der Waals surface area contributed by atoms with E-state index in [9.17, 15) is 9.18 Å². The number of fused-ring (bicyclic) bond motifs is 4. The van der Waals surface area contributed by atoms with Gasteiger partial charge in [-0.25, -0.2) is 9.38 Å². The third-order valence-electron chi connectivity index (χ3n) is 8.41. The van der Waals surface area contributed by atoms with E-state index in [0.717, 1.165) is 57.3 Å². The highest BCUT2D eigenvalue weighted by molar-refractivity contribution is 7.07. The summed E-state index contributed by atoms with van der Waals surface area (Å²) < 4.78 is 19.1. The summed E-state index contributed by atoms with van der Waals surface area (Å²) in [6.07, 6.45) is 5.69. The fourth-order valence-corrected chi connectivity index (χ4v) is 7.57. The summed E-state index contributed by atoms with van der Waals surface area (Å²) in [4.78, 5) is 19.9. The van der Waals surface area contributed by atoms with Gasteiger partial charge in [-0.3, -0.25) is 9.36 Å². The topological polar surface area (TPSA) is 39.3 Å². The van der Waals surface area contributed by atoms with Crippen LogP contribution >= 0.6 is 22.9 Å². The molecule has 0 saturated heterocycles. The summed E-state index contributed by atoms with van der Waals surface area (Å²) in [5.41, 5.74) is 8.13. The second kappa shape index (κ2) is 10.3. The van der Waals surface area contributed by atoms with Crippen LogP contribution in [0.25, 0.3) is 22.7 Å². The first-order valence-electron chi connectivity index (χ1n) is 14.2. The zero-order valence-corrected chi connectivity index (χ0v) is 24.6. The van der Waals surface area contributed by atoms with Gasteiger partial charge in [0.2, 0.25) is 0 Å². The number of thiazole rings is 1. The summed E-state index contributed by atoms with van der Waals surface area (Å²) in [6.45, 7) is 0.679. The van der Waals surface area contributed by atoms with Gasteiger partial charge in [0.1, 0.15) is 5.82 Å². The molecule has 1 aliphatic carbocycles. The van der Waals surface area contributed by atoms with Crippen LogP contribution in [0.5, 0.6) is 0 Å². The van der Waals surface area contributed by atoms with E-state index in [4.69, 9.17) is 16.6 Å². The lowest BCUT2D eigenvalue weighted by Gasteiger charge is -2.30. The fourth-order valence-electron chi connectivity index (χ4n) is 6.45. The molecule has 2 aliphatic rings. The SMILES string of the molecule is O=c1c(=Cc2cn(Cc3ccc(Cl)cc3)c3ccccc23)sc2n1[C@@H](c1cccc(F)c1)C1=C(N=2)c2ccccc2CC1. The van der Waals surface area contributed by atoms with Gasteiger partial charge in [-0.05, 0) is 71.5 Å². The minimum atomic E-state index is -0.413. The Labute approximate surface area is 256 Å². The first-order valence-corrected chi connectivity index (χ1v) is 15.4. The number of halogens is 2. The van der Waals surface area contributed by atoms with Gasteiger partial charge in [-0.1, -0.05) is 89.7 Å². The molecule has 6 aromatic rings. The average Bonchev–Trinajstić information content (AvgIpc) is 3.53. The van der Waals surface area contributed by atoms with Gasteiger partial charge in [-0.2, -0.15) is 0 Å². The molecular formula is C36H25ClFN3OS. The van der Waals surface area contributed by atoms with E-state index in [1.165, 1.54) is 23.0 Å². The van der Waals surface area contributed by atoms with Gasteiger partial charge in [0.25, 0.3) is 5.56 Å². The molecule has 210 valence electrons. The van der Waals surface area contributed by atoms with Crippen molar-refractivity contribution in [3.63, 3.8) is 0 Å². The van der Waals surface area contributed by atoms with E-state index in [1.807, 2.05) is 54.6 Å². The van der Waals surface area contributed by atoms with Crippen molar-refractivity contribution in [3.8, 4) is 0 Å². The molecule has 0 radical (unpaired) electrons. The Morgan fingerprint density at radius 2 is 1.77 bits per heavy atom. The van der Waals surface area contributed by atoms with Crippen molar-refractivity contribution in [1.82, 2.24) is 9.13 Å². The minimum Gasteiger partial charge on any atom is -0.342 e. The number of aryl methyl sites for hydroxylation is 1. The summed E-state index contributed by atoms with van der Waals surface area (Å²) >= 11 is 7.50. The van der Waals surface area contributed by atoms with Gasteiger partial charge >= 0.3 is 0 Å². The molecule has 0 N–H and O–H groups in total. The van der Waals surface area contributed by atoms with Gasteiger partial charge in [0.05, 0.1) is 16.3 Å². The molecule has 0 bridgehead atoms. The number of para-hydroxylation sites is 1. The normalized spacial score (nSPS) is 16.1. The number of allylic oxidation sites excluding steroid dienone is 1. The van der Waals surface area contributed by atoms with Gasteiger partial charge in [0.15, 0.2) is 4.80 Å². The van der Waals surface area contributed by atoms with E-state index >= 15 is 0 Å². The summed E-state index contributed by atoms with van der Waals surface area (Å²) in [6, 6.07) is 30.6. The minimum absolute atomic E-state index is 0.113. The molecule has 43 heavy (non-hydrogen) atoms. The fraction of sp³-hybridized carbons (Fsp3) is 0.111. The summed E-state index contributed by atoms with van der Waals surface area (Å²) in [5.74, 6) is -0.316. The lowest BCUT2D eigenvalue weighted by atomic mass is 9.83. The zero-order chi connectivity index (χ0) is 29.1. The maximum Gasteiger partial charge on any atom is 0.271 e.